The first-order valence-electron chi connectivity index (χ1n) is 9.83. The van der Waals surface area contributed by atoms with Crippen molar-refractivity contribution in [3.05, 3.63) is 119 Å². The number of hydrogen-bond donors (Lipinski definition) is 2. The van der Waals surface area contributed by atoms with Gasteiger partial charge < -0.3 is 10.7 Å². The second-order valence-corrected chi connectivity index (χ2v) is 8.73. The van der Waals surface area contributed by atoms with E-state index < -0.39 is 7.05 Å². The maximum Gasteiger partial charge on any atom is 0.411 e. The lowest BCUT2D eigenvalue weighted by Gasteiger charge is -2.44. The van der Waals surface area contributed by atoms with Crippen LogP contribution in [-0.2, 0) is 5.41 Å². The van der Waals surface area contributed by atoms with Crippen molar-refractivity contribution in [1.29, 1.82) is 0 Å². The van der Waals surface area contributed by atoms with Crippen LogP contribution in [0.15, 0.2) is 107 Å². The lowest BCUT2D eigenvalue weighted by molar-refractivity contribution is 0.448. The average Bonchev–Trinajstić information content (AvgIpc) is 3.04. The molecule has 2 aliphatic carbocycles. The molecule has 0 fully saturated rings. The van der Waals surface area contributed by atoms with Crippen molar-refractivity contribution in [3.8, 4) is 0 Å². The molecule has 0 radical (unpaired) electrons. The Kier molecular flexibility index (Phi) is 4.32. The molecule has 2 aromatic carbocycles. The minimum atomic E-state index is -1.03. The van der Waals surface area contributed by atoms with Crippen LogP contribution < -0.4 is 11.1 Å². The second-order valence-electron chi connectivity index (χ2n) is 7.67. The molecule has 1 spiro atoms. The number of nitrogens with two attached hydrogens (primary N) is 1. The highest BCUT2D eigenvalue weighted by Crippen LogP contribution is 2.64. The first-order chi connectivity index (χ1) is 14.1. The molecule has 1 heterocycles. The summed E-state index contributed by atoms with van der Waals surface area (Å²) in [6, 6.07) is 14.8. The maximum atomic E-state index is 10.3. The summed E-state index contributed by atoms with van der Waals surface area (Å²) in [7, 11) is -1.03. The van der Waals surface area contributed by atoms with Gasteiger partial charge in [-0.15, -0.1) is 0 Å². The van der Waals surface area contributed by atoms with Gasteiger partial charge >= 0.3 is 7.05 Å². The van der Waals surface area contributed by atoms with Gasteiger partial charge in [0.25, 0.3) is 0 Å². The van der Waals surface area contributed by atoms with E-state index in [9.17, 15) is 5.02 Å². The van der Waals surface area contributed by atoms with Crippen molar-refractivity contribution in [2.45, 2.75) is 16.2 Å². The number of thioether (sulfide) groups is 1. The van der Waals surface area contributed by atoms with Gasteiger partial charge in [-0.2, -0.15) is 0 Å². The van der Waals surface area contributed by atoms with Crippen LogP contribution in [0.1, 0.15) is 22.6 Å². The zero-order valence-electron chi connectivity index (χ0n) is 16.1. The Labute approximate surface area is 176 Å². The van der Waals surface area contributed by atoms with E-state index in [0.717, 1.165) is 15.3 Å². The van der Waals surface area contributed by atoms with Gasteiger partial charge in [-0.05, 0) is 27.7 Å². The summed E-state index contributed by atoms with van der Waals surface area (Å²) in [6.07, 6.45) is 12.8. The normalized spacial score (nSPS) is 26.1. The summed E-state index contributed by atoms with van der Waals surface area (Å²) in [5.74, 6) is 0.511. The fourth-order valence-corrected chi connectivity index (χ4v) is 6.73. The topological polar surface area (TPSA) is 46.2 Å². The van der Waals surface area contributed by atoms with Crippen molar-refractivity contribution in [3.63, 3.8) is 0 Å². The zero-order valence-corrected chi connectivity index (χ0v) is 16.9. The number of fused-ring (bicyclic) bond motifs is 7. The summed E-state index contributed by atoms with van der Waals surface area (Å²) < 4.78 is 0. The molecule has 3 aliphatic rings. The first kappa shape index (κ1) is 18.5. The summed E-state index contributed by atoms with van der Waals surface area (Å²) in [6.45, 7) is 8.30. The molecule has 2 aromatic rings. The van der Waals surface area contributed by atoms with Gasteiger partial charge in [-0.3, -0.25) is 0 Å². The van der Waals surface area contributed by atoms with Crippen LogP contribution in [0.25, 0.3) is 0 Å². The van der Waals surface area contributed by atoms with E-state index in [1.165, 1.54) is 22.3 Å². The molecule has 2 unspecified atom stereocenters. The minimum Gasteiger partial charge on any atom is -0.434 e. The molecular formula is C25H22BNOS. The van der Waals surface area contributed by atoms with Crippen LogP contribution in [0, 0.1) is 5.92 Å². The number of allylic oxidation sites excluding steroid dienone is 7. The Morgan fingerprint density at radius 1 is 1.00 bits per heavy atom. The molecule has 5 rings (SSSR count). The van der Waals surface area contributed by atoms with Crippen LogP contribution in [0.5, 0.6) is 0 Å². The first-order valence-corrected chi connectivity index (χ1v) is 10.6. The highest BCUT2D eigenvalue weighted by Gasteiger charge is 2.56. The highest BCUT2D eigenvalue weighted by molar-refractivity contribution is 8.03. The summed E-state index contributed by atoms with van der Waals surface area (Å²) in [5, 5.41) is 10.3. The van der Waals surface area contributed by atoms with Gasteiger partial charge in [0, 0.05) is 21.6 Å². The van der Waals surface area contributed by atoms with Crippen molar-refractivity contribution < 1.29 is 5.02 Å². The van der Waals surface area contributed by atoms with E-state index in [2.05, 4.69) is 67.8 Å². The summed E-state index contributed by atoms with van der Waals surface area (Å²) >= 11 is 1.63. The molecule has 0 bridgehead atoms. The summed E-state index contributed by atoms with van der Waals surface area (Å²) in [4.78, 5) is 2.10. The molecule has 3 atom stereocenters. The standard InChI is InChI=1S/C25H22BNOS/c1-3-18-23(4-2)29-24-21(14-9-15-22(24)26(27)28)25(18)19-12-7-5-10-16(19)17-11-6-8-13-20(17)25/h3-16,19,28H,1-2,27H2/t16?,19-,25?/m0/s1. The van der Waals surface area contributed by atoms with Crippen molar-refractivity contribution in [2.24, 2.45) is 11.6 Å². The molecule has 3 N–H and O–H groups in total. The fourth-order valence-electron chi connectivity index (χ4n) is 5.42. The van der Waals surface area contributed by atoms with Gasteiger partial charge in [0.1, 0.15) is 0 Å². The largest absolute Gasteiger partial charge is 0.434 e. The predicted molar refractivity (Wildman–Crippen MR) is 123 cm³/mol. The number of rotatable bonds is 3. The number of hydrogen-bond acceptors (Lipinski definition) is 3. The third-order valence-electron chi connectivity index (χ3n) is 6.46. The Morgan fingerprint density at radius 2 is 1.76 bits per heavy atom. The Bertz CT molecular complexity index is 1130. The van der Waals surface area contributed by atoms with E-state index in [4.69, 9.17) is 5.64 Å². The molecule has 4 heteroatoms. The van der Waals surface area contributed by atoms with E-state index in [0.29, 0.717) is 5.92 Å². The van der Waals surface area contributed by atoms with Crippen LogP contribution in [0.4, 0.5) is 0 Å². The Hall–Kier alpha value is -2.53. The van der Waals surface area contributed by atoms with Gasteiger partial charge in [0.05, 0.1) is 5.41 Å². The lowest BCUT2D eigenvalue weighted by atomic mass is 9.61. The number of benzene rings is 2. The molecule has 0 saturated heterocycles. The van der Waals surface area contributed by atoms with E-state index in [1.807, 2.05) is 24.3 Å². The third kappa shape index (κ3) is 2.34. The SMILES string of the molecule is C=CC1=C(C=C)C2(c3ccccc3C3C=CC=C[C@@H]32)c2cccc(B(N)O)c2S1. The van der Waals surface area contributed by atoms with Crippen molar-refractivity contribution in [2.75, 3.05) is 0 Å². The van der Waals surface area contributed by atoms with E-state index in [1.54, 1.807) is 11.8 Å². The van der Waals surface area contributed by atoms with Crippen molar-refractivity contribution >= 4 is 24.3 Å². The third-order valence-corrected chi connectivity index (χ3v) is 7.73. The molecule has 142 valence electrons. The monoisotopic (exact) mass is 395 g/mol. The molecule has 1 aliphatic heterocycles. The minimum absolute atomic E-state index is 0.220. The Morgan fingerprint density at radius 3 is 2.52 bits per heavy atom. The lowest BCUT2D eigenvalue weighted by Crippen LogP contribution is -2.45. The van der Waals surface area contributed by atoms with Crippen LogP contribution in [0.2, 0.25) is 0 Å². The average molecular weight is 395 g/mol. The van der Waals surface area contributed by atoms with Crippen LogP contribution >= 0.6 is 11.8 Å². The summed E-state index contributed by atoms with van der Waals surface area (Å²) in [5.41, 5.74) is 11.3. The molecule has 29 heavy (non-hydrogen) atoms. The van der Waals surface area contributed by atoms with E-state index in [-0.39, 0.29) is 11.3 Å². The predicted octanol–water partition coefficient (Wildman–Crippen LogP) is 4.19. The van der Waals surface area contributed by atoms with Gasteiger partial charge in [-0.1, -0.05) is 104 Å². The molecule has 0 amide bonds. The van der Waals surface area contributed by atoms with Crippen LogP contribution in [-0.4, -0.2) is 12.1 Å². The van der Waals surface area contributed by atoms with Gasteiger partial charge in [0.2, 0.25) is 0 Å². The molecular weight excluding hydrogens is 373 g/mol. The molecule has 0 saturated carbocycles. The molecule has 0 aromatic heterocycles. The van der Waals surface area contributed by atoms with Crippen LogP contribution in [0.3, 0.4) is 0 Å². The van der Waals surface area contributed by atoms with Gasteiger partial charge in [-0.25, -0.2) is 0 Å². The smallest absolute Gasteiger partial charge is 0.411 e. The quantitative estimate of drug-likeness (QED) is 0.767. The second kappa shape index (κ2) is 6.77. The Balaban J connectivity index is 1.95. The van der Waals surface area contributed by atoms with Gasteiger partial charge in [0.15, 0.2) is 0 Å². The fraction of sp³-hybridized carbons (Fsp3) is 0.120. The van der Waals surface area contributed by atoms with E-state index >= 15 is 0 Å². The van der Waals surface area contributed by atoms with Crippen molar-refractivity contribution in [1.82, 2.24) is 0 Å². The maximum absolute atomic E-state index is 10.3. The highest BCUT2D eigenvalue weighted by atomic mass is 32.2. The zero-order chi connectivity index (χ0) is 20.2. The molecule has 2 nitrogen and oxygen atoms in total.